The number of hydrogen-bond donors (Lipinski definition) is 1. The van der Waals surface area contributed by atoms with Crippen molar-refractivity contribution in [2.45, 2.75) is 0 Å². The van der Waals surface area contributed by atoms with E-state index in [0.717, 1.165) is 5.70 Å². The van der Waals surface area contributed by atoms with Gasteiger partial charge in [0.25, 0.3) is 0 Å². The molecule has 0 fully saturated rings. The summed E-state index contributed by atoms with van der Waals surface area (Å²) in [4.78, 5) is 10.8. The summed E-state index contributed by atoms with van der Waals surface area (Å²) in [6.07, 6.45) is 9.01. The number of ketones is 1. The van der Waals surface area contributed by atoms with Crippen LogP contribution in [-0.2, 0) is 4.79 Å². The summed E-state index contributed by atoms with van der Waals surface area (Å²) < 4.78 is 0. The number of hydrogen-bond acceptors (Lipinski definition) is 2. The Balaban J connectivity index is 2.36. The molecule has 1 heterocycles. The van der Waals surface area contributed by atoms with Crippen LogP contribution in [0.2, 0.25) is 0 Å². The van der Waals surface area contributed by atoms with Gasteiger partial charge in [0.15, 0.2) is 5.78 Å². The lowest BCUT2D eigenvalue weighted by Crippen LogP contribution is -2.10. The maximum absolute atomic E-state index is 10.8. The first-order valence-corrected chi connectivity index (χ1v) is 3.23. The first kappa shape index (κ1) is 5.47. The topological polar surface area (TPSA) is 29.1 Å². The minimum atomic E-state index is 0.0717. The van der Waals surface area contributed by atoms with Crippen LogP contribution in [0.25, 0.3) is 0 Å². The normalized spacial score (nSPS) is 27.8. The minimum Gasteiger partial charge on any atom is -0.364 e. The summed E-state index contributed by atoms with van der Waals surface area (Å²) in [6.45, 7) is 0. The van der Waals surface area contributed by atoms with E-state index in [9.17, 15) is 4.79 Å². The van der Waals surface area contributed by atoms with Gasteiger partial charge in [0, 0.05) is 17.7 Å². The molecule has 0 saturated heterocycles. The van der Waals surface area contributed by atoms with Gasteiger partial charge in [-0.25, -0.2) is 0 Å². The standard InChI is InChI=1S/C8H7NO/c10-7-2-1-6-3-4-9-8(6)5-7/h1-6,9H/t6-/m1/s1. The molecule has 2 rings (SSSR count). The molecule has 2 heteroatoms. The number of allylic oxidation sites excluding steroid dienone is 3. The molecule has 0 saturated carbocycles. The van der Waals surface area contributed by atoms with Gasteiger partial charge in [0.2, 0.25) is 0 Å². The third-order valence-corrected chi connectivity index (χ3v) is 1.68. The van der Waals surface area contributed by atoms with Crippen LogP contribution < -0.4 is 5.32 Å². The monoisotopic (exact) mass is 133 g/mol. The number of carbonyl (C=O) groups is 1. The molecule has 0 spiro atoms. The average Bonchev–Trinajstić information content (AvgIpc) is 2.33. The van der Waals surface area contributed by atoms with E-state index in [1.807, 2.05) is 18.4 Å². The van der Waals surface area contributed by atoms with E-state index in [-0.39, 0.29) is 5.78 Å². The number of carbonyl (C=O) groups excluding carboxylic acids is 1. The second-order valence-corrected chi connectivity index (χ2v) is 2.39. The summed E-state index contributed by atoms with van der Waals surface area (Å²) in [6, 6.07) is 0. The first-order valence-electron chi connectivity index (χ1n) is 3.23. The van der Waals surface area contributed by atoms with Crippen molar-refractivity contribution in [1.29, 1.82) is 0 Å². The van der Waals surface area contributed by atoms with E-state index < -0.39 is 0 Å². The van der Waals surface area contributed by atoms with E-state index in [1.165, 1.54) is 0 Å². The number of nitrogens with one attached hydrogen (secondary N) is 1. The number of fused-ring (bicyclic) bond motifs is 1. The summed E-state index contributed by atoms with van der Waals surface area (Å²) >= 11 is 0. The zero-order valence-electron chi connectivity index (χ0n) is 5.37. The molecule has 0 aromatic heterocycles. The van der Waals surface area contributed by atoms with Crippen LogP contribution in [-0.4, -0.2) is 5.78 Å². The first-order chi connectivity index (χ1) is 4.86. The van der Waals surface area contributed by atoms with Gasteiger partial charge in [-0.3, -0.25) is 4.79 Å². The fraction of sp³-hybridized carbons (Fsp3) is 0.125. The van der Waals surface area contributed by atoms with Crippen molar-refractivity contribution < 1.29 is 4.79 Å². The van der Waals surface area contributed by atoms with Crippen LogP contribution in [0.4, 0.5) is 0 Å². The van der Waals surface area contributed by atoms with E-state index >= 15 is 0 Å². The average molecular weight is 133 g/mol. The molecule has 1 aliphatic carbocycles. The van der Waals surface area contributed by atoms with Gasteiger partial charge >= 0.3 is 0 Å². The molecular formula is C8H7NO. The third-order valence-electron chi connectivity index (χ3n) is 1.68. The molecule has 0 aromatic carbocycles. The summed E-state index contributed by atoms with van der Waals surface area (Å²) in [5.74, 6) is 0.389. The molecule has 10 heavy (non-hydrogen) atoms. The maximum atomic E-state index is 10.8. The molecule has 1 N–H and O–H groups in total. The van der Waals surface area contributed by atoms with E-state index in [0.29, 0.717) is 5.92 Å². The Hall–Kier alpha value is -1.31. The van der Waals surface area contributed by atoms with Crippen molar-refractivity contribution in [3.8, 4) is 0 Å². The van der Waals surface area contributed by atoms with E-state index in [1.54, 1.807) is 12.2 Å². The Morgan fingerprint density at radius 3 is 3.20 bits per heavy atom. The van der Waals surface area contributed by atoms with Gasteiger partial charge in [-0.1, -0.05) is 12.2 Å². The molecule has 2 nitrogen and oxygen atoms in total. The maximum Gasteiger partial charge on any atom is 0.180 e. The Labute approximate surface area is 58.9 Å². The van der Waals surface area contributed by atoms with Crippen LogP contribution in [0.15, 0.2) is 36.2 Å². The highest BCUT2D eigenvalue weighted by molar-refractivity contribution is 6.01. The Kier molecular flexibility index (Phi) is 1.01. The van der Waals surface area contributed by atoms with Gasteiger partial charge in [-0.2, -0.15) is 0 Å². The fourth-order valence-corrected chi connectivity index (χ4v) is 1.15. The Morgan fingerprint density at radius 2 is 2.30 bits per heavy atom. The molecule has 1 atom stereocenters. The van der Waals surface area contributed by atoms with E-state index in [2.05, 4.69) is 5.32 Å². The zero-order chi connectivity index (χ0) is 6.97. The highest BCUT2D eigenvalue weighted by Gasteiger charge is 2.16. The van der Waals surface area contributed by atoms with Crippen LogP contribution in [0.3, 0.4) is 0 Å². The van der Waals surface area contributed by atoms with Crippen molar-refractivity contribution in [3.63, 3.8) is 0 Å². The molecule has 0 unspecified atom stereocenters. The minimum absolute atomic E-state index is 0.0717. The molecule has 0 amide bonds. The van der Waals surface area contributed by atoms with Gasteiger partial charge in [-0.15, -0.1) is 0 Å². The predicted molar refractivity (Wildman–Crippen MR) is 38.0 cm³/mol. The van der Waals surface area contributed by atoms with Crippen LogP contribution in [0.5, 0.6) is 0 Å². The second-order valence-electron chi connectivity index (χ2n) is 2.39. The number of rotatable bonds is 0. The largest absolute Gasteiger partial charge is 0.364 e. The molecule has 0 radical (unpaired) electrons. The molecule has 1 aliphatic heterocycles. The molecule has 2 aliphatic rings. The summed E-state index contributed by atoms with van der Waals surface area (Å²) in [5, 5.41) is 3.00. The van der Waals surface area contributed by atoms with Gasteiger partial charge in [0.05, 0.1) is 0 Å². The molecule has 0 bridgehead atoms. The van der Waals surface area contributed by atoms with Gasteiger partial charge in [0.1, 0.15) is 0 Å². The SMILES string of the molecule is O=C1C=C[C@@H]2C=CNC2=C1. The lowest BCUT2D eigenvalue weighted by molar-refractivity contribution is -0.110. The van der Waals surface area contributed by atoms with Crippen molar-refractivity contribution >= 4 is 5.78 Å². The van der Waals surface area contributed by atoms with E-state index in [4.69, 9.17) is 0 Å². The van der Waals surface area contributed by atoms with Crippen molar-refractivity contribution in [1.82, 2.24) is 5.32 Å². The Bertz CT molecular complexity index is 260. The van der Waals surface area contributed by atoms with Crippen molar-refractivity contribution in [3.05, 3.63) is 36.2 Å². The van der Waals surface area contributed by atoms with Gasteiger partial charge < -0.3 is 5.32 Å². The quantitative estimate of drug-likeness (QED) is 0.528. The van der Waals surface area contributed by atoms with Crippen molar-refractivity contribution in [2.24, 2.45) is 5.92 Å². The molecular weight excluding hydrogens is 126 g/mol. The lowest BCUT2D eigenvalue weighted by Gasteiger charge is -2.08. The molecule has 0 aromatic rings. The van der Waals surface area contributed by atoms with Crippen molar-refractivity contribution in [2.75, 3.05) is 0 Å². The predicted octanol–water partition coefficient (Wildman–Crippen LogP) is 0.742. The third kappa shape index (κ3) is 0.692. The smallest absolute Gasteiger partial charge is 0.180 e. The zero-order valence-corrected chi connectivity index (χ0v) is 5.37. The van der Waals surface area contributed by atoms with Crippen LogP contribution >= 0.6 is 0 Å². The van der Waals surface area contributed by atoms with Crippen LogP contribution in [0, 0.1) is 5.92 Å². The summed E-state index contributed by atoms with van der Waals surface area (Å²) in [7, 11) is 0. The molecule has 50 valence electrons. The highest BCUT2D eigenvalue weighted by Crippen LogP contribution is 2.20. The fourth-order valence-electron chi connectivity index (χ4n) is 1.15. The second kappa shape index (κ2) is 1.84. The lowest BCUT2D eigenvalue weighted by atomic mass is 10.0. The van der Waals surface area contributed by atoms with Crippen LogP contribution in [0.1, 0.15) is 0 Å². The highest BCUT2D eigenvalue weighted by atomic mass is 16.1. The van der Waals surface area contributed by atoms with Gasteiger partial charge in [-0.05, 0) is 12.3 Å². The Morgan fingerprint density at radius 1 is 1.40 bits per heavy atom. The summed E-state index contributed by atoms with van der Waals surface area (Å²) in [5.41, 5.74) is 0.993.